The molecule has 0 fully saturated rings. The van der Waals surface area contributed by atoms with Crippen molar-refractivity contribution in [1.82, 2.24) is 5.32 Å². The second-order valence-electron chi connectivity index (χ2n) is 5.93. The number of dihydropyridines is 1. The van der Waals surface area contributed by atoms with Gasteiger partial charge in [0.05, 0.1) is 17.9 Å². The van der Waals surface area contributed by atoms with Crippen LogP contribution >= 0.6 is 11.8 Å². The van der Waals surface area contributed by atoms with Crippen LogP contribution in [0.15, 0.2) is 47.2 Å². The summed E-state index contributed by atoms with van der Waals surface area (Å²) in [4.78, 5) is 25.6. The van der Waals surface area contributed by atoms with E-state index in [4.69, 9.17) is 4.74 Å². The van der Waals surface area contributed by atoms with E-state index in [1.807, 2.05) is 51.1 Å². The molecule has 2 rings (SSSR count). The van der Waals surface area contributed by atoms with Crippen LogP contribution in [-0.4, -0.2) is 23.4 Å². The maximum absolute atomic E-state index is 12.8. The predicted octanol–water partition coefficient (Wildman–Crippen LogP) is 4.53. The molecule has 26 heavy (non-hydrogen) atoms. The summed E-state index contributed by atoms with van der Waals surface area (Å²) >= 11 is 1.29. The van der Waals surface area contributed by atoms with Gasteiger partial charge in [-0.2, -0.15) is 0 Å². The van der Waals surface area contributed by atoms with E-state index in [1.54, 1.807) is 6.92 Å². The highest BCUT2D eigenvalue weighted by Crippen LogP contribution is 2.39. The molecule has 4 nitrogen and oxygen atoms in total. The molecule has 1 atom stereocenters. The van der Waals surface area contributed by atoms with E-state index < -0.39 is 0 Å². The lowest BCUT2D eigenvalue weighted by Gasteiger charge is -2.32. The van der Waals surface area contributed by atoms with Crippen LogP contribution in [0.25, 0.3) is 5.70 Å². The van der Waals surface area contributed by atoms with Crippen molar-refractivity contribution in [3.63, 3.8) is 0 Å². The first kappa shape index (κ1) is 20.3. The number of allylic oxidation sites excluding steroid dienone is 1. The lowest BCUT2D eigenvalue weighted by Crippen LogP contribution is -2.33. The summed E-state index contributed by atoms with van der Waals surface area (Å²) in [5, 5.41) is 3.43. The number of nitrogens with one attached hydrogen (secondary N) is 1. The van der Waals surface area contributed by atoms with E-state index in [9.17, 15) is 9.59 Å². The van der Waals surface area contributed by atoms with E-state index in [2.05, 4.69) is 5.32 Å². The van der Waals surface area contributed by atoms with Gasteiger partial charge in [-0.15, -0.1) is 0 Å². The average molecular weight is 374 g/mol. The van der Waals surface area contributed by atoms with Gasteiger partial charge in [0.2, 0.25) is 5.12 Å². The first-order valence-corrected chi connectivity index (χ1v) is 10.2. The molecule has 0 spiro atoms. The van der Waals surface area contributed by atoms with Crippen molar-refractivity contribution >= 4 is 28.5 Å². The summed E-state index contributed by atoms with van der Waals surface area (Å²) in [5.74, 6) is 0.0967. The maximum atomic E-state index is 12.8. The van der Waals surface area contributed by atoms with Crippen molar-refractivity contribution in [2.45, 2.75) is 40.5 Å². The van der Waals surface area contributed by atoms with Crippen LogP contribution in [0.3, 0.4) is 0 Å². The highest BCUT2D eigenvalue weighted by Gasteiger charge is 2.36. The van der Waals surface area contributed by atoms with Crippen molar-refractivity contribution in [1.29, 1.82) is 0 Å². The Balaban J connectivity index is 2.64. The van der Waals surface area contributed by atoms with Gasteiger partial charge in [0, 0.05) is 17.2 Å². The van der Waals surface area contributed by atoms with Crippen molar-refractivity contribution in [3.8, 4) is 0 Å². The molecule has 0 unspecified atom stereocenters. The van der Waals surface area contributed by atoms with Gasteiger partial charge in [-0.3, -0.25) is 4.79 Å². The number of rotatable bonds is 7. The van der Waals surface area contributed by atoms with Crippen LogP contribution in [0.5, 0.6) is 0 Å². The molecular weight excluding hydrogens is 346 g/mol. The lowest BCUT2D eigenvalue weighted by molar-refractivity contribution is -0.139. The molecule has 0 bridgehead atoms. The number of hydrogen-bond acceptors (Lipinski definition) is 5. The van der Waals surface area contributed by atoms with E-state index in [-0.39, 0.29) is 17.0 Å². The van der Waals surface area contributed by atoms with Crippen molar-refractivity contribution in [3.05, 3.63) is 52.7 Å². The largest absolute Gasteiger partial charge is 0.463 e. The van der Waals surface area contributed by atoms with E-state index in [0.717, 1.165) is 17.0 Å². The molecule has 0 amide bonds. The summed E-state index contributed by atoms with van der Waals surface area (Å²) in [6.45, 7) is 8.09. The topological polar surface area (TPSA) is 55.4 Å². The Bertz CT molecular complexity index is 722. The summed E-state index contributed by atoms with van der Waals surface area (Å²) in [6, 6.07) is 9.76. The minimum atomic E-state index is -0.354. The summed E-state index contributed by atoms with van der Waals surface area (Å²) in [7, 11) is 0. The minimum Gasteiger partial charge on any atom is -0.463 e. The Kier molecular flexibility index (Phi) is 7.51. The van der Waals surface area contributed by atoms with Gasteiger partial charge < -0.3 is 10.1 Å². The van der Waals surface area contributed by atoms with Crippen molar-refractivity contribution in [2.24, 2.45) is 5.92 Å². The standard InChI is InChI=1S/C21H27NO3S/c1-5-15-17(21(24)26-8-4)16(6-2)22-19(14-12-10-9-11-13-14)18(15)20(23)25-7-3/h9-13,15,22H,5-8H2,1-4H3/t15-/m1/s1. The van der Waals surface area contributed by atoms with Gasteiger partial charge in [0.15, 0.2) is 0 Å². The zero-order valence-electron chi connectivity index (χ0n) is 15.9. The summed E-state index contributed by atoms with van der Waals surface area (Å²) < 4.78 is 5.34. The molecule has 1 aromatic rings. The second-order valence-corrected chi connectivity index (χ2v) is 7.16. The number of hydrogen-bond donors (Lipinski definition) is 1. The molecule has 0 radical (unpaired) electrons. The van der Waals surface area contributed by atoms with Gasteiger partial charge in [-0.05, 0) is 31.1 Å². The molecular formula is C21H27NO3S. The maximum Gasteiger partial charge on any atom is 0.336 e. The average Bonchev–Trinajstić information content (AvgIpc) is 2.67. The van der Waals surface area contributed by atoms with Crippen LogP contribution < -0.4 is 5.32 Å². The molecule has 1 aliphatic rings. The van der Waals surface area contributed by atoms with Gasteiger partial charge in [-0.25, -0.2) is 4.79 Å². The molecule has 1 aromatic carbocycles. The minimum absolute atomic E-state index is 0.0395. The smallest absolute Gasteiger partial charge is 0.336 e. The fourth-order valence-corrected chi connectivity index (χ4v) is 3.94. The highest BCUT2D eigenvalue weighted by atomic mass is 32.2. The Morgan fingerprint density at radius 2 is 1.77 bits per heavy atom. The summed E-state index contributed by atoms with van der Waals surface area (Å²) in [6.07, 6.45) is 1.37. The van der Waals surface area contributed by atoms with Crippen LogP contribution in [0, 0.1) is 5.92 Å². The zero-order valence-corrected chi connectivity index (χ0v) is 16.7. The Morgan fingerprint density at radius 3 is 2.31 bits per heavy atom. The molecule has 0 saturated heterocycles. The third-order valence-electron chi connectivity index (χ3n) is 4.38. The normalized spacial score (nSPS) is 17.2. The molecule has 5 heteroatoms. The number of ether oxygens (including phenoxy) is 1. The fraction of sp³-hybridized carbons (Fsp3) is 0.429. The van der Waals surface area contributed by atoms with Crippen molar-refractivity contribution in [2.75, 3.05) is 12.4 Å². The van der Waals surface area contributed by atoms with Crippen LogP contribution in [0.1, 0.15) is 46.1 Å². The quantitative estimate of drug-likeness (QED) is 0.712. The van der Waals surface area contributed by atoms with Crippen LogP contribution in [0.4, 0.5) is 0 Å². The molecule has 0 aromatic heterocycles. The third-order valence-corrected chi connectivity index (χ3v) is 5.15. The number of carbonyl (C=O) groups excluding carboxylic acids is 2. The molecule has 1 heterocycles. The fourth-order valence-electron chi connectivity index (χ4n) is 3.26. The molecule has 0 saturated carbocycles. The van der Waals surface area contributed by atoms with Gasteiger partial charge in [-0.1, -0.05) is 62.9 Å². The molecule has 1 aliphatic heterocycles. The zero-order chi connectivity index (χ0) is 19.1. The van der Waals surface area contributed by atoms with E-state index >= 15 is 0 Å². The predicted molar refractivity (Wildman–Crippen MR) is 107 cm³/mol. The van der Waals surface area contributed by atoms with Gasteiger partial charge in [0.25, 0.3) is 0 Å². The Labute approximate surface area is 160 Å². The second kappa shape index (κ2) is 9.62. The third kappa shape index (κ3) is 4.21. The molecule has 1 N–H and O–H groups in total. The first-order chi connectivity index (χ1) is 12.6. The van der Waals surface area contributed by atoms with Gasteiger partial charge in [0.1, 0.15) is 0 Å². The van der Waals surface area contributed by atoms with Gasteiger partial charge >= 0.3 is 5.97 Å². The lowest BCUT2D eigenvalue weighted by atomic mass is 9.82. The number of carbonyl (C=O) groups is 2. The Hall–Kier alpha value is -2.01. The summed E-state index contributed by atoms with van der Waals surface area (Å²) in [5.41, 5.74) is 3.84. The molecule has 140 valence electrons. The number of esters is 1. The van der Waals surface area contributed by atoms with Crippen molar-refractivity contribution < 1.29 is 14.3 Å². The van der Waals surface area contributed by atoms with Crippen LogP contribution in [-0.2, 0) is 14.3 Å². The monoisotopic (exact) mass is 373 g/mol. The highest BCUT2D eigenvalue weighted by molar-refractivity contribution is 8.14. The van der Waals surface area contributed by atoms with Crippen LogP contribution in [0.2, 0.25) is 0 Å². The van der Waals surface area contributed by atoms with E-state index in [0.29, 0.717) is 36.3 Å². The SMILES string of the molecule is CCOC(=O)C1=C(c2ccccc2)NC(CC)=C(C(=O)SCC)[C@H]1CC. The molecule has 0 aliphatic carbocycles. The number of benzene rings is 1. The van der Waals surface area contributed by atoms with E-state index in [1.165, 1.54) is 11.8 Å². The first-order valence-electron chi connectivity index (χ1n) is 9.22. The number of thioether (sulfide) groups is 1. The Morgan fingerprint density at radius 1 is 1.08 bits per heavy atom.